The van der Waals surface area contributed by atoms with Crippen molar-refractivity contribution in [1.29, 1.82) is 0 Å². The molecule has 3 heteroatoms. The van der Waals surface area contributed by atoms with Crippen LogP contribution < -0.4 is 5.73 Å². The Bertz CT molecular complexity index is 334. The Morgan fingerprint density at radius 2 is 1.71 bits per heavy atom. The lowest BCUT2D eigenvalue weighted by Gasteiger charge is -2.17. The molecule has 1 nitrogen and oxygen atoms in total. The standard InChI is InChI=1S/C11H15F2N/c1-6-4-5-9(7(2)8(3)14)11(13)10(6)12/h4-5,7-8H,14H2,1-3H3. The van der Waals surface area contributed by atoms with Crippen LogP contribution >= 0.6 is 0 Å². The van der Waals surface area contributed by atoms with Gasteiger partial charge in [-0.05, 0) is 30.9 Å². The maximum absolute atomic E-state index is 13.4. The molecular formula is C11H15F2N. The van der Waals surface area contributed by atoms with E-state index in [1.807, 2.05) is 0 Å². The first-order chi connectivity index (χ1) is 6.45. The highest BCUT2D eigenvalue weighted by molar-refractivity contribution is 5.28. The second-order valence-electron chi connectivity index (χ2n) is 3.75. The van der Waals surface area contributed by atoms with Gasteiger partial charge in [-0.1, -0.05) is 19.1 Å². The van der Waals surface area contributed by atoms with E-state index in [0.29, 0.717) is 11.1 Å². The molecule has 0 aliphatic rings. The van der Waals surface area contributed by atoms with Crippen LogP contribution in [0.1, 0.15) is 30.9 Å². The van der Waals surface area contributed by atoms with E-state index in [9.17, 15) is 8.78 Å². The minimum Gasteiger partial charge on any atom is -0.327 e. The SMILES string of the molecule is Cc1ccc(C(C)C(C)N)c(F)c1F. The number of hydrogen-bond acceptors (Lipinski definition) is 1. The van der Waals surface area contributed by atoms with E-state index >= 15 is 0 Å². The Morgan fingerprint density at radius 1 is 1.14 bits per heavy atom. The van der Waals surface area contributed by atoms with Gasteiger partial charge in [-0.3, -0.25) is 0 Å². The summed E-state index contributed by atoms with van der Waals surface area (Å²) in [5.41, 5.74) is 6.31. The van der Waals surface area contributed by atoms with Crippen molar-refractivity contribution in [1.82, 2.24) is 0 Å². The van der Waals surface area contributed by atoms with Gasteiger partial charge in [0.25, 0.3) is 0 Å². The van der Waals surface area contributed by atoms with Crippen molar-refractivity contribution >= 4 is 0 Å². The number of benzene rings is 1. The predicted molar refractivity (Wildman–Crippen MR) is 53.2 cm³/mol. The summed E-state index contributed by atoms with van der Waals surface area (Å²) in [6.45, 7) is 5.11. The Kier molecular flexibility index (Phi) is 3.21. The Morgan fingerprint density at radius 3 is 2.21 bits per heavy atom. The maximum atomic E-state index is 13.4. The Balaban J connectivity index is 3.17. The molecule has 2 N–H and O–H groups in total. The van der Waals surface area contributed by atoms with Crippen molar-refractivity contribution in [3.8, 4) is 0 Å². The Labute approximate surface area is 82.9 Å². The van der Waals surface area contributed by atoms with Gasteiger partial charge >= 0.3 is 0 Å². The molecule has 78 valence electrons. The highest BCUT2D eigenvalue weighted by Gasteiger charge is 2.18. The van der Waals surface area contributed by atoms with Crippen molar-refractivity contribution in [3.05, 3.63) is 34.9 Å². The highest BCUT2D eigenvalue weighted by atomic mass is 19.2. The van der Waals surface area contributed by atoms with Crippen LogP contribution in [0.2, 0.25) is 0 Å². The van der Waals surface area contributed by atoms with E-state index in [-0.39, 0.29) is 12.0 Å². The average Bonchev–Trinajstić information content (AvgIpc) is 2.13. The van der Waals surface area contributed by atoms with Crippen molar-refractivity contribution in [3.63, 3.8) is 0 Å². The molecule has 0 radical (unpaired) electrons. The number of halogens is 2. The lowest BCUT2D eigenvalue weighted by molar-refractivity contribution is 0.476. The van der Waals surface area contributed by atoms with Gasteiger partial charge < -0.3 is 5.73 Å². The molecule has 0 aromatic heterocycles. The van der Waals surface area contributed by atoms with Crippen molar-refractivity contribution in [2.75, 3.05) is 0 Å². The van der Waals surface area contributed by atoms with Gasteiger partial charge in [-0.25, -0.2) is 8.78 Å². The van der Waals surface area contributed by atoms with Crippen LogP contribution in [0, 0.1) is 18.6 Å². The van der Waals surface area contributed by atoms with Crippen LogP contribution in [0.15, 0.2) is 12.1 Å². The number of rotatable bonds is 2. The first-order valence-corrected chi connectivity index (χ1v) is 4.65. The molecule has 1 aromatic rings. The Hall–Kier alpha value is -0.960. The summed E-state index contributed by atoms with van der Waals surface area (Å²) in [6.07, 6.45) is 0. The van der Waals surface area contributed by atoms with Gasteiger partial charge in [0.05, 0.1) is 0 Å². The summed E-state index contributed by atoms with van der Waals surface area (Å²) in [6, 6.07) is 2.99. The van der Waals surface area contributed by atoms with E-state index in [1.165, 1.54) is 0 Å². The monoisotopic (exact) mass is 199 g/mol. The van der Waals surface area contributed by atoms with Gasteiger partial charge in [0, 0.05) is 6.04 Å². The topological polar surface area (TPSA) is 26.0 Å². The van der Waals surface area contributed by atoms with Gasteiger partial charge in [0.1, 0.15) is 0 Å². The lowest BCUT2D eigenvalue weighted by atomic mass is 9.93. The van der Waals surface area contributed by atoms with Crippen LogP contribution in [0.3, 0.4) is 0 Å². The van der Waals surface area contributed by atoms with E-state index in [1.54, 1.807) is 32.9 Å². The molecule has 14 heavy (non-hydrogen) atoms. The fourth-order valence-electron chi connectivity index (χ4n) is 1.30. The van der Waals surface area contributed by atoms with Crippen LogP contribution in [0.5, 0.6) is 0 Å². The normalized spacial score (nSPS) is 15.3. The summed E-state index contributed by atoms with van der Waals surface area (Å²) in [7, 11) is 0. The van der Waals surface area contributed by atoms with Gasteiger partial charge in [-0.15, -0.1) is 0 Å². The van der Waals surface area contributed by atoms with Crippen LogP contribution in [-0.4, -0.2) is 6.04 Å². The van der Waals surface area contributed by atoms with Crippen molar-refractivity contribution < 1.29 is 8.78 Å². The fraction of sp³-hybridized carbons (Fsp3) is 0.455. The van der Waals surface area contributed by atoms with E-state index in [0.717, 1.165) is 0 Å². The minimum absolute atomic E-state index is 0.176. The zero-order valence-electron chi connectivity index (χ0n) is 8.64. The first kappa shape index (κ1) is 11.1. The second kappa shape index (κ2) is 4.05. The summed E-state index contributed by atoms with van der Waals surface area (Å²) < 4.78 is 26.6. The number of hydrogen-bond donors (Lipinski definition) is 1. The predicted octanol–water partition coefficient (Wildman–Crippen LogP) is 2.72. The molecule has 0 saturated carbocycles. The van der Waals surface area contributed by atoms with Gasteiger partial charge in [-0.2, -0.15) is 0 Å². The fourth-order valence-corrected chi connectivity index (χ4v) is 1.30. The summed E-state index contributed by atoms with van der Waals surface area (Å²) in [5.74, 6) is -1.71. The number of nitrogens with two attached hydrogens (primary N) is 1. The molecule has 2 atom stereocenters. The molecule has 0 bridgehead atoms. The summed E-state index contributed by atoms with van der Waals surface area (Å²) in [4.78, 5) is 0. The third-order valence-corrected chi connectivity index (χ3v) is 2.58. The van der Waals surface area contributed by atoms with Crippen LogP contribution in [0.25, 0.3) is 0 Å². The number of aryl methyl sites for hydroxylation is 1. The molecule has 0 aliphatic heterocycles. The van der Waals surface area contributed by atoms with Crippen LogP contribution in [-0.2, 0) is 0 Å². The molecule has 1 aromatic carbocycles. The molecule has 2 unspecified atom stereocenters. The molecular weight excluding hydrogens is 184 g/mol. The third kappa shape index (κ3) is 1.93. The molecule has 0 saturated heterocycles. The minimum atomic E-state index is -0.769. The van der Waals surface area contributed by atoms with Gasteiger partial charge in [0.15, 0.2) is 11.6 Å². The third-order valence-electron chi connectivity index (χ3n) is 2.58. The molecule has 0 amide bonds. The van der Waals surface area contributed by atoms with Crippen LogP contribution in [0.4, 0.5) is 8.78 Å². The van der Waals surface area contributed by atoms with Crippen molar-refractivity contribution in [2.24, 2.45) is 5.73 Å². The highest BCUT2D eigenvalue weighted by Crippen LogP contribution is 2.24. The average molecular weight is 199 g/mol. The molecule has 1 rings (SSSR count). The smallest absolute Gasteiger partial charge is 0.162 e. The van der Waals surface area contributed by atoms with Crippen molar-refractivity contribution in [2.45, 2.75) is 32.7 Å². The molecule has 0 spiro atoms. The van der Waals surface area contributed by atoms with E-state index in [2.05, 4.69) is 0 Å². The van der Waals surface area contributed by atoms with Gasteiger partial charge in [0.2, 0.25) is 0 Å². The maximum Gasteiger partial charge on any atom is 0.162 e. The van der Waals surface area contributed by atoms with E-state index in [4.69, 9.17) is 5.73 Å². The van der Waals surface area contributed by atoms with E-state index < -0.39 is 11.6 Å². The summed E-state index contributed by atoms with van der Waals surface area (Å²) >= 11 is 0. The largest absolute Gasteiger partial charge is 0.327 e. The molecule has 0 aliphatic carbocycles. The quantitative estimate of drug-likeness (QED) is 0.778. The zero-order valence-corrected chi connectivity index (χ0v) is 8.64. The molecule has 0 heterocycles. The summed E-state index contributed by atoms with van der Waals surface area (Å²) in [5, 5.41) is 0. The second-order valence-corrected chi connectivity index (χ2v) is 3.75. The lowest BCUT2D eigenvalue weighted by Crippen LogP contribution is -2.23. The molecule has 0 fully saturated rings. The first-order valence-electron chi connectivity index (χ1n) is 4.65. The zero-order chi connectivity index (χ0) is 10.9.